The summed E-state index contributed by atoms with van der Waals surface area (Å²) in [7, 11) is 1.64. The van der Waals surface area contributed by atoms with Gasteiger partial charge in [-0.2, -0.15) is 0 Å². The van der Waals surface area contributed by atoms with Crippen LogP contribution in [0.1, 0.15) is 53.8 Å². The second-order valence-corrected chi connectivity index (χ2v) is 9.02. The number of hydrogen-bond acceptors (Lipinski definition) is 4. The molecule has 1 aromatic carbocycles. The summed E-state index contributed by atoms with van der Waals surface area (Å²) in [5.74, 6) is 0.706. The van der Waals surface area contributed by atoms with Crippen LogP contribution in [-0.4, -0.2) is 55.7 Å². The average molecular weight is 436 g/mol. The van der Waals surface area contributed by atoms with Crippen LogP contribution in [0.2, 0.25) is 0 Å². The number of ether oxygens (including phenoxy) is 2. The van der Waals surface area contributed by atoms with Crippen molar-refractivity contribution in [1.29, 1.82) is 0 Å². The van der Waals surface area contributed by atoms with Gasteiger partial charge in [-0.15, -0.1) is 0 Å². The van der Waals surface area contributed by atoms with Gasteiger partial charge in [0.05, 0.1) is 31.6 Å². The Morgan fingerprint density at radius 2 is 2.00 bits per heavy atom. The highest BCUT2D eigenvalue weighted by Crippen LogP contribution is 2.37. The molecule has 2 aromatic rings. The Morgan fingerprint density at radius 3 is 2.84 bits per heavy atom. The van der Waals surface area contributed by atoms with E-state index in [-0.39, 0.29) is 5.91 Å². The highest BCUT2D eigenvalue weighted by atomic mass is 16.5. The molecular formula is C26H33N3O3. The molecule has 1 aromatic heterocycles. The van der Waals surface area contributed by atoms with E-state index in [0.29, 0.717) is 0 Å². The van der Waals surface area contributed by atoms with E-state index in [0.717, 1.165) is 86.8 Å². The van der Waals surface area contributed by atoms with Gasteiger partial charge in [0.15, 0.2) is 0 Å². The Labute approximate surface area is 190 Å². The smallest absolute Gasteiger partial charge is 0.256 e. The fourth-order valence-electron chi connectivity index (χ4n) is 5.25. The number of aromatic amines is 1. The fourth-order valence-corrected chi connectivity index (χ4v) is 5.25. The minimum Gasteiger partial charge on any atom is -0.497 e. The number of nitrogens with zero attached hydrogens (tertiary/aromatic N) is 1. The quantitative estimate of drug-likeness (QED) is 0.531. The van der Waals surface area contributed by atoms with Crippen molar-refractivity contribution in [2.45, 2.75) is 44.9 Å². The zero-order chi connectivity index (χ0) is 21.9. The lowest BCUT2D eigenvalue weighted by Crippen LogP contribution is -2.37. The second-order valence-electron chi connectivity index (χ2n) is 9.02. The molecule has 0 atom stereocenters. The lowest BCUT2D eigenvalue weighted by atomic mass is 9.98. The summed E-state index contributed by atoms with van der Waals surface area (Å²) in [6, 6.07) is 5.78. The third-order valence-corrected chi connectivity index (χ3v) is 7.00. The summed E-state index contributed by atoms with van der Waals surface area (Å²) in [5, 5.41) is 3.00. The number of rotatable bonds is 6. The van der Waals surface area contributed by atoms with Crippen LogP contribution in [-0.2, 0) is 28.8 Å². The number of anilines is 1. The highest BCUT2D eigenvalue weighted by molar-refractivity contribution is 6.35. The molecule has 6 nitrogen and oxygen atoms in total. The number of methoxy groups -OCH3 is 1. The molecule has 32 heavy (non-hydrogen) atoms. The molecule has 2 N–H and O–H groups in total. The van der Waals surface area contributed by atoms with Gasteiger partial charge in [0.25, 0.3) is 5.91 Å². The molecule has 0 radical (unpaired) electrons. The van der Waals surface area contributed by atoms with Gasteiger partial charge in [-0.25, -0.2) is 0 Å². The Kier molecular flexibility index (Phi) is 6.32. The summed E-state index contributed by atoms with van der Waals surface area (Å²) in [4.78, 5) is 19.0. The van der Waals surface area contributed by atoms with Gasteiger partial charge in [0.1, 0.15) is 5.75 Å². The summed E-state index contributed by atoms with van der Waals surface area (Å²) in [6.07, 6.45) is 10.3. The molecule has 1 amide bonds. The number of H-pyrrole nitrogens is 1. The number of carbonyl (C=O) groups excluding carboxylic acids is 1. The minimum absolute atomic E-state index is 0.0442. The van der Waals surface area contributed by atoms with E-state index < -0.39 is 0 Å². The van der Waals surface area contributed by atoms with Crippen molar-refractivity contribution in [3.8, 4) is 5.75 Å². The molecule has 170 valence electrons. The van der Waals surface area contributed by atoms with Gasteiger partial charge in [0, 0.05) is 36.1 Å². The SMILES string of the molecule is COc1ccc2c(c1)NC(=O)C2=Cc1[nH]c2c(c1CCCN1CCOCC1)CCCCC2. The van der Waals surface area contributed by atoms with Crippen LogP contribution >= 0.6 is 0 Å². The van der Waals surface area contributed by atoms with Crippen LogP contribution in [0.5, 0.6) is 5.75 Å². The van der Waals surface area contributed by atoms with Crippen LogP contribution < -0.4 is 10.1 Å². The standard InChI is InChI=1S/C26H33N3O3/c1-31-18-9-10-21-22(26(30)28-24(21)16-18)17-25-20(7-5-11-29-12-14-32-15-13-29)19-6-3-2-4-8-23(19)27-25/h9-10,16-17,27H,2-8,11-15H2,1H3,(H,28,30). The monoisotopic (exact) mass is 435 g/mol. The first-order valence-electron chi connectivity index (χ1n) is 12.0. The van der Waals surface area contributed by atoms with E-state index in [1.807, 2.05) is 18.2 Å². The molecule has 6 heteroatoms. The van der Waals surface area contributed by atoms with Crippen molar-refractivity contribution in [2.24, 2.45) is 0 Å². The molecular weight excluding hydrogens is 402 g/mol. The zero-order valence-electron chi connectivity index (χ0n) is 19.0. The van der Waals surface area contributed by atoms with Gasteiger partial charge >= 0.3 is 0 Å². The van der Waals surface area contributed by atoms with E-state index >= 15 is 0 Å². The number of hydrogen-bond donors (Lipinski definition) is 2. The number of aromatic nitrogens is 1. The highest BCUT2D eigenvalue weighted by Gasteiger charge is 2.26. The number of aryl methyl sites for hydroxylation is 1. The summed E-state index contributed by atoms with van der Waals surface area (Å²) >= 11 is 0. The first-order valence-corrected chi connectivity index (χ1v) is 12.0. The van der Waals surface area contributed by atoms with E-state index in [9.17, 15) is 4.79 Å². The maximum atomic E-state index is 12.8. The molecule has 3 aliphatic rings. The number of nitrogens with one attached hydrogen (secondary N) is 2. The van der Waals surface area contributed by atoms with Gasteiger partial charge < -0.3 is 19.8 Å². The van der Waals surface area contributed by atoms with Crippen LogP contribution in [0.15, 0.2) is 18.2 Å². The first kappa shape index (κ1) is 21.3. The maximum Gasteiger partial charge on any atom is 0.256 e. The molecule has 0 saturated carbocycles. The van der Waals surface area contributed by atoms with Crippen molar-refractivity contribution in [3.63, 3.8) is 0 Å². The predicted octanol–water partition coefficient (Wildman–Crippen LogP) is 4.05. The van der Waals surface area contributed by atoms with Crippen LogP contribution in [0.3, 0.4) is 0 Å². The zero-order valence-corrected chi connectivity index (χ0v) is 19.0. The second kappa shape index (κ2) is 9.51. The third kappa shape index (κ3) is 4.34. The van der Waals surface area contributed by atoms with Gasteiger partial charge in [0.2, 0.25) is 0 Å². The Morgan fingerprint density at radius 1 is 1.16 bits per heavy atom. The van der Waals surface area contributed by atoms with Gasteiger partial charge in [-0.1, -0.05) is 6.42 Å². The molecule has 0 spiro atoms. The van der Waals surface area contributed by atoms with Gasteiger partial charge in [-0.05, 0) is 74.4 Å². The molecule has 1 fully saturated rings. The number of carbonyl (C=O) groups is 1. The molecule has 0 unspecified atom stereocenters. The minimum atomic E-state index is -0.0442. The summed E-state index contributed by atoms with van der Waals surface area (Å²) in [5.41, 5.74) is 7.91. The van der Waals surface area contributed by atoms with E-state index in [1.54, 1.807) is 7.11 Å². The van der Waals surface area contributed by atoms with Crippen molar-refractivity contribution in [1.82, 2.24) is 9.88 Å². The average Bonchev–Trinajstić information content (AvgIpc) is 3.19. The van der Waals surface area contributed by atoms with Crippen molar-refractivity contribution >= 4 is 23.2 Å². The van der Waals surface area contributed by atoms with E-state index in [1.165, 1.54) is 36.1 Å². The van der Waals surface area contributed by atoms with Crippen molar-refractivity contribution in [3.05, 3.63) is 46.3 Å². The molecule has 1 aliphatic carbocycles. The lowest BCUT2D eigenvalue weighted by molar-refractivity contribution is -0.110. The fraction of sp³-hybridized carbons (Fsp3) is 0.500. The first-order chi connectivity index (χ1) is 15.7. The molecule has 2 aliphatic heterocycles. The van der Waals surface area contributed by atoms with E-state index in [4.69, 9.17) is 9.47 Å². The number of benzene rings is 1. The Balaban J connectivity index is 1.44. The van der Waals surface area contributed by atoms with Crippen LogP contribution in [0.25, 0.3) is 11.6 Å². The topological polar surface area (TPSA) is 66.6 Å². The lowest BCUT2D eigenvalue weighted by Gasteiger charge is -2.26. The van der Waals surface area contributed by atoms with Crippen molar-refractivity contribution < 1.29 is 14.3 Å². The van der Waals surface area contributed by atoms with E-state index in [2.05, 4.69) is 21.3 Å². The third-order valence-electron chi connectivity index (χ3n) is 7.00. The number of fused-ring (bicyclic) bond motifs is 2. The predicted molar refractivity (Wildman–Crippen MR) is 127 cm³/mol. The number of morpholine rings is 1. The largest absolute Gasteiger partial charge is 0.497 e. The Hall–Kier alpha value is -2.57. The Bertz CT molecular complexity index is 1020. The molecule has 5 rings (SSSR count). The summed E-state index contributed by atoms with van der Waals surface area (Å²) < 4.78 is 10.8. The summed E-state index contributed by atoms with van der Waals surface area (Å²) in [6.45, 7) is 4.85. The normalized spacial score (nSPS) is 20.0. The van der Waals surface area contributed by atoms with Crippen LogP contribution in [0.4, 0.5) is 5.69 Å². The molecule has 1 saturated heterocycles. The number of amides is 1. The molecule has 0 bridgehead atoms. The van der Waals surface area contributed by atoms with Gasteiger partial charge in [-0.3, -0.25) is 9.69 Å². The molecule has 3 heterocycles. The van der Waals surface area contributed by atoms with Crippen LogP contribution in [0, 0.1) is 0 Å². The van der Waals surface area contributed by atoms with Crippen molar-refractivity contribution in [2.75, 3.05) is 45.3 Å². The maximum absolute atomic E-state index is 12.8.